The lowest BCUT2D eigenvalue weighted by molar-refractivity contribution is -0.145. The predicted molar refractivity (Wildman–Crippen MR) is 160 cm³/mol. The summed E-state index contributed by atoms with van der Waals surface area (Å²) in [5.74, 6) is 1.72. The van der Waals surface area contributed by atoms with E-state index in [-0.39, 0.29) is 12.0 Å². The van der Waals surface area contributed by atoms with Gasteiger partial charge in [0.25, 0.3) is 0 Å². The van der Waals surface area contributed by atoms with Crippen molar-refractivity contribution < 1.29 is 24.2 Å². The van der Waals surface area contributed by atoms with Crippen molar-refractivity contribution >= 4 is 11.9 Å². The van der Waals surface area contributed by atoms with Gasteiger partial charge in [0.1, 0.15) is 17.1 Å². The van der Waals surface area contributed by atoms with Gasteiger partial charge in [-0.2, -0.15) is 0 Å². The number of fused-ring (bicyclic) bond motifs is 1. The van der Waals surface area contributed by atoms with Gasteiger partial charge in [-0.1, -0.05) is 79.6 Å². The number of carbonyl (C=O) groups is 2. The van der Waals surface area contributed by atoms with Crippen LogP contribution in [0, 0.1) is 44.4 Å². The van der Waals surface area contributed by atoms with Gasteiger partial charge >= 0.3 is 11.9 Å². The summed E-state index contributed by atoms with van der Waals surface area (Å²) >= 11 is 0. The Morgan fingerprint density at radius 3 is 2.00 bits per heavy atom. The molecule has 1 aliphatic heterocycles. The number of carbonyl (C=O) groups excluding carboxylic acids is 1. The maximum Gasteiger partial charge on any atom is 0.314 e. The van der Waals surface area contributed by atoms with E-state index in [1.807, 2.05) is 20.8 Å². The van der Waals surface area contributed by atoms with Crippen LogP contribution in [0.5, 0.6) is 11.5 Å². The van der Waals surface area contributed by atoms with E-state index in [9.17, 15) is 9.59 Å². The molecule has 222 valence electrons. The Morgan fingerprint density at radius 1 is 0.872 bits per heavy atom. The molecule has 0 aromatic heterocycles. The highest BCUT2D eigenvalue weighted by Gasteiger charge is 2.35. The molecule has 0 saturated carbocycles. The molecule has 1 heterocycles. The van der Waals surface area contributed by atoms with Gasteiger partial charge < -0.3 is 14.6 Å². The van der Waals surface area contributed by atoms with Crippen LogP contribution in [0.4, 0.5) is 0 Å². The monoisotopic (exact) mass is 544 g/mol. The number of rotatable bonds is 16. The topological polar surface area (TPSA) is 72.8 Å². The molecule has 5 heteroatoms. The Labute approximate surface area is 238 Å². The van der Waals surface area contributed by atoms with Crippen molar-refractivity contribution in [1.82, 2.24) is 0 Å². The molecular weight excluding hydrogens is 488 g/mol. The predicted octanol–water partition coefficient (Wildman–Crippen LogP) is 9.15. The molecule has 4 atom stereocenters. The summed E-state index contributed by atoms with van der Waals surface area (Å²) in [5, 5.41) is 9.02. The fourth-order valence-corrected chi connectivity index (χ4v) is 5.96. The largest absolute Gasteiger partial charge is 0.487 e. The number of carboxylic acid groups (broad SMARTS) is 1. The Bertz CT molecular complexity index is 965. The number of esters is 1. The average Bonchev–Trinajstić information content (AvgIpc) is 2.84. The summed E-state index contributed by atoms with van der Waals surface area (Å²) in [5.41, 5.74) is 3.75. The Kier molecular flexibility index (Phi) is 12.8. The number of aliphatic carboxylic acids is 1. The smallest absolute Gasteiger partial charge is 0.314 e. The van der Waals surface area contributed by atoms with Crippen LogP contribution < -0.4 is 9.47 Å². The van der Waals surface area contributed by atoms with Gasteiger partial charge in [0.15, 0.2) is 0 Å². The average molecular weight is 545 g/mol. The van der Waals surface area contributed by atoms with E-state index in [4.69, 9.17) is 14.6 Å². The fraction of sp³-hybridized carbons (Fsp3) is 0.765. The zero-order valence-electron chi connectivity index (χ0n) is 26.4. The van der Waals surface area contributed by atoms with Crippen LogP contribution in [0.25, 0.3) is 0 Å². The lowest BCUT2D eigenvalue weighted by Crippen LogP contribution is -2.37. The summed E-state index contributed by atoms with van der Waals surface area (Å²) in [6.07, 6.45) is 13.2. The summed E-state index contributed by atoms with van der Waals surface area (Å²) in [6, 6.07) is 0. The van der Waals surface area contributed by atoms with Crippen molar-refractivity contribution in [3.63, 3.8) is 0 Å². The van der Waals surface area contributed by atoms with Crippen LogP contribution in [-0.2, 0) is 16.0 Å². The van der Waals surface area contributed by atoms with Gasteiger partial charge in [-0.3, -0.25) is 9.59 Å². The first-order valence-corrected chi connectivity index (χ1v) is 15.5. The summed E-state index contributed by atoms with van der Waals surface area (Å²) in [7, 11) is 0. The molecule has 1 unspecified atom stereocenters. The van der Waals surface area contributed by atoms with E-state index in [1.54, 1.807) is 6.92 Å². The number of hydrogen-bond acceptors (Lipinski definition) is 4. The van der Waals surface area contributed by atoms with Crippen LogP contribution in [0.2, 0.25) is 0 Å². The van der Waals surface area contributed by atoms with Gasteiger partial charge in [0, 0.05) is 5.56 Å². The first-order chi connectivity index (χ1) is 18.2. The van der Waals surface area contributed by atoms with E-state index in [0.717, 1.165) is 65.0 Å². The maximum atomic E-state index is 12.6. The normalized spacial score (nSPS) is 19.2. The van der Waals surface area contributed by atoms with Gasteiger partial charge in [0.2, 0.25) is 0 Å². The molecule has 0 fully saturated rings. The van der Waals surface area contributed by atoms with Crippen LogP contribution in [-0.4, -0.2) is 22.6 Å². The highest BCUT2D eigenvalue weighted by molar-refractivity contribution is 5.81. The van der Waals surface area contributed by atoms with Crippen LogP contribution in [0.3, 0.4) is 0 Å². The molecule has 0 aliphatic carbocycles. The van der Waals surface area contributed by atoms with E-state index in [2.05, 4.69) is 34.6 Å². The standard InChI is InChI=1S/C34H56O5/c1-22(2)13-10-14-23(3)15-11-16-24(4)17-12-19-34(9)20-18-29-28(8)31(26(6)27(7)32(29)39-34)38-33(37)25(5)21-30(35)36/h22-25H,10-21H2,1-9H3,(H,35,36)/t23-,24-,25?,34-/m1/s1. The zero-order valence-corrected chi connectivity index (χ0v) is 26.4. The molecular formula is C34H56O5. The first kappa shape index (κ1) is 33.2. The minimum atomic E-state index is -1.00. The lowest BCUT2D eigenvalue weighted by atomic mass is 9.83. The van der Waals surface area contributed by atoms with E-state index < -0.39 is 17.9 Å². The van der Waals surface area contributed by atoms with Crippen molar-refractivity contribution in [3.05, 3.63) is 22.3 Å². The Balaban J connectivity index is 1.90. The molecule has 5 nitrogen and oxygen atoms in total. The summed E-state index contributed by atoms with van der Waals surface area (Å²) < 4.78 is 12.4. The quantitative estimate of drug-likeness (QED) is 0.166. The van der Waals surface area contributed by atoms with Crippen molar-refractivity contribution in [2.45, 2.75) is 145 Å². The number of carboxylic acids is 1. The Hall–Kier alpha value is -2.04. The lowest BCUT2D eigenvalue weighted by Gasteiger charge is -2.38. The van der Waals surface area contributed by atoms with Gasteiger partial charge in [-0.05, 0) is 87.8 Å². The highest BCUT2D eigenvalue weighted by atomic mass is 16.5. The second kappa shape index (κ2) is 15.1. The van der Waals surface area contributed by atoms with Crippen molar-refractivity contribution in [2.24, 2.45) is 23.7 Å². The van der Waals surface area contributed by atoms with Crippen molar-refractivity contribution in [1.29, 1.82) is 0 Å². The molecule has 39 heavy (non-hydrogen) atoms. The van der Waals surface area contributed by atoms with Crippen LogP contribution >= 0.6 is 0 Å². The Morgan fingerprint density at radius 2 is 1.44 bits per heavy atom. The molecule has 2 rings (SSSR count). The maximum absolute atomic E-state index is 12.6. The second-order valence-corrected chi connectivity index (χ2v) is 13.3. The SMILES string of the molecule is Cc1c(C)c2c(c(C)c1OC(=O)C(C)CC(=O)O)CC[C@@](C)(CCC[C@H](C)CCC[C@H](C)CCCC(C)C)O2. The van der Waals surface area contributed by atoms with E-state index in [1.165, 1.54) is 51.4 Å². The molecule has 0 spiro atoms. The van der Waals surface area contributed by atoms with Crippen LogP contribution in [0.15, 0.2) is 0 Å². The second-order valence-electron chi connectivity index (χ2n) is 13.3. The molecule has 0 saturated heterocycles. The van der Waals surface area contributed by atoms with E-state index in [0.29, 0.717) is 5.75 Å². The summed E-state index contributed by atoms with van der Waals surface area (Å²) in [4.78, 5) is 23.6. The minimum Gasteiger partial charge on any atom is -0.487 e. The number of hydrogen-bond donors (Lipinski definition) is 1. The van der Waals surface area contributed by atoms with Crippen LogP contribution in [0.1, 0.15) is 134 Å². The molecule has 1 aliphatic rings. The molecule has 1 N–H and O–H groups in total. The number of ether oxygens (including phenoxy) is 2. The fourth-order valence-electron chi connectivity index (χ4n) is 5.96. The summed E-state index contributed by atoms with van der Waals surface area (Å²) in [6.45, 7) is 19.3. The molecule has 0 radical (unpaired) electrons. The number of benzene rings is 1. The van der Waals surface area contributed by atoms with Crippen molar-refractivity contribution in [3.8, 4) is 11.5 Å². The third-order valence-electron chi connectivity index (χ3n) is 8.92. The van der Waals surface area contributed by atoms with Gasteiger partial charge in [-0.25, -0.2) is 0 Å². The minimum absolute atomic E-state index is 0.185. The third kappa shape index (κ3) is 10.1. The third-order valence-corrected chi connectivity index (χ3v) is 8.92. The van der Waals surface area contributed by atoms with Gasteiger partial charge in [-0.15, -0.1) is 0 Å². The molecule has 1 aromatic rings. The highest BCUT2D eigenvalue weighted by Crippen LogP contribution is 2.45. The first-order valence-electron chi connectivity index (χ1n) is 15.5. The van der Waals surface area contributed by atoms with Crippen molar-refractivity contribution in [2.75, 3.05) is 0 Å². The molecule has 0 amide bonds. The molecule has 1 aromatic carbocycles. The van der Waals surface area contributed by atoms with Gasteiger partial charge in [0.05, 0.1) is 12.3 Å². The van der Waals surface area contributed by atoms with E-state index >= 15 is 0 Å². The molecule has 0 bridgehead atoms. The zero-order chi connectivity index (χ0) is 29.3.